The molecule has 0 spiro atoms. The number of nitrogens with one attached hydrogen (secondary N) is 2. The van der Waals surface area contributed by atoms with Gasteiger partial charge in [-0.25, -0.2) is 8.42 Å². The molecule has 1 aliphatic carbocycles. The molecule has 2 aromatic rings. The van der Waals surface area contributed by atoms with Crippen molar-refractivity contribution in [2.75, 3.05) is 17.8 Å². The van der Waals surface area contributed by atoms with Crippen molar-refractivity contribution in [2.45, 2.75) is 67.9 Å². The molecule has 0 amide bonds. The standard InChI is InChI=1S/C23H29F3N2O3S2/c1-22(11-12-27-15-22)31-20-14-17(7-9-19(20)23(24,25)26)28-33(29,30)21-10-8-18(32-21)13-16-5-3-2-4-6-16/h7-10,14,16,27-28H,2-6,11-13,15H2,1H3/t22-/m1/s1. The van der Waals surface area contributed by atoms with Gasteiger partial charge < -0.3 is 10.1 Å². The molecule has 4 rings (SSSR count). The van der Waals surface area contributed by atoms with Crippen molar-refractivity contribution in [2.24, 2.45) is 5.92 Å². The van der Waals surface area contributed by atoms with Gasteiger partial charge in [-0.05, 0) is 50.1 Å². The van der Waals surface area contributed by atoms with Crippen molar-refractivity contribution < 1.29 is 26.3 Å². The molecule has 1 saturated carbocycles. The molecule has 2 aliphatic rings. The number of halogens is 3. The van der Waals surface area contributed by atoms with Crippen LogP contribution in [0.15, 0.2) is 34.5 Å². The molecule has 10 heteroatoms. The first-order chi connectivity index (χ1) is 15.5. The molecule has 0 unspecified atom stereocenters. The Balaban J connectivity index is 1.53. The molecule has 33 heavy (non-hydrogen) atoms. The van der Waals surface area contributed by atoms with Gasteiger partial charge in [0, 0.05) is 23.9 Å². The number of ether oxygens (including phenoxy) is 1. The summed E-state index contributed by atoms with van der Waals surface area (Å²) in [6, 6.07) is 6.52. The zero-order valence-corrected chi connectivity index (χ0v) is 20.1. The average molecular weight is 503 g/mol. The Morgan fingerprint density at radius 2 is 1.94 bits per heavy atom. The van der Waals surface area contributed by atoms with E-state index >= 15 is 0 Å². The van der Waals surface area contributed by atoms with E-state index in [1.807, 2.05) is 6.07 Å². The number of rotatable bonds is 7. The highest BCUT2D eigenvalue weighted by molar-refractivity contribution is 7.94. The number of sulfonamides is 1. The van der Waals surface area contributed by atoms with Gasteiger partial charge in [0.2, 0.25) is 0 Å². The second kappa shape index (κ2) is 9.46. The van der Waals surface area contributed by atoms with Gasteiger partial charge in [-0.2, -0.15) is 13.2 Å². The third-order valence-electron chi connectivity index (χ3n) is 6.34. The number of thiophene rings is 1. The zero-order valence-electron chi connectivity index (χ0n) is 18.5. The van der Waals surface area contributed by atoms with E-state index in [1.165, 1.54) is 43.4 Å². The van der Waals surface area contributed by atoms with E-state index in [0.717, 1.165) is 29.5 Å². The zero-order chi connectivity index (χ0) is 23.7. The predicted octanol–water partition coefficient (Wildman–Crippen LogP) is 5.82. The van der Waals surface area contributed by atoms with E-state index in [1.54, 1.807) is 13.0 Å². The summed E-state index contributed by atoms with van der Waals surface area (Å²) in [6.07, 6.45) is 2.84. The van der Waals surface area contributed by atoms with E-state index in [2.05, 4.69) is 10.0 Å². The lowest BCUT2D eigenvalue weighted by Gasteiger charge is -2.27. The Labute approximate surface area is 196 Å². The fraction of sp³-hybridized carbons (Fsp3) is 0.565. The first-order valence-corrected chi connectivity index (χ1v) is 13.6. The number of anilines is 1. The van der Waals surface area contributed by atoms with E-state index in [4.69, 9.17) is 4.74 Å². The minimum atomic E-state index is -4.61. The van der Waals surface area contributed by atoms with E-state index in [9.17, 15) is 21.6 Å². The molecule has 5 nitrogen and oxygen atoms in total. The third kappa shape index (κ3) is 6.02. The van der Waals surface area contributed by atoms with Crippen LogP contribution < -0.4 is 14.8 Å². The van der Waals surface area contributed by atoms with Gasteiger partial charge in [0.25, 0.3) is 10.0 Å². The quantitative estimate of drug-likeness (QED) is 0.501. The molecule has 0 bridgehead atoms. The largest absolute Gasteiger partial charge is 0.485 e. The lowest BCUT2D eigenvalue weighted by molar-refractivity contribution is -0.139. The summed E-state index contributed by atoms with van der Waals surface area (Å²) in [5.41, 5.74) is -1.68. The number of alkyl halides is 3. The van der Waals surface area contributed by atoms with E-state index < -0.39 is 27.4 Å². The van der Waals surface area contributed by atoms with Crippen LogP contribution in [-0.4, -0.2) is 27.1 Å². The summed E-state index contributed by atoms with van der Waals surface area (Å²) >= 11 is 1.22. The van der Waals surface area contributed by atoms with Crippen molar-refractivity contribution in [3.63, 3.8) is 0 Å². The van der Waals surface area contributed by atoms with Gasteiger partial charge in [0.1, 0.15) is 15.6 Å². The van der Waals surface area contributed by atoms with Crippen LogP contribution in [0.1, 0.15) is 55.9 Å². The number of hydrogen-bond donors (Lipinski definition) is 2. The van der Waals surface area contributed by atoms with Crippen molar-refractivity contribution in [3.8, 4) is 5.75 Å². The molecular formula is C23H29F3N2O3S2. The normalized spacial score (nSPS) is 22.4. The highest BCUT2D eigenvalue weighted by Crippen LogP contribution is 2.40. The Hall–Kier alpha value is -1.78. The van der Waals surface area contributed by atoms with Crippen molar-refractivity contribution >= 4 is 27.0 Å². The lowest BCUT2D eigenvalue weighted by Crippen LogP contribution is -2.35. The predicted molar refractivity (Wildman–Crippen MR) is 123 cm³/mol. The third-order valence-corrected chi connectivity index (χ3v) is 9.32. The van der Waals surface area contributed by atoms with Crippen LogP contribution in [0.4, 0.5) is 18.9 Å². The van der Waals surface area contributed by atoms with E-state index in [0.29, 0.717) is 25.4 Å². The molecule has 1 aromatic carbocycles. The molecule has 182 valence electrons. The van der Waals surface area contributed by atoms with E-state index in [-0.39, 0.29) is 15.6 Å². The monoisotopic (exact) mass is 502 g/mol. The fourth-order valence-corrected chi connectivity index (χ4v) is 7.06. The minimum Gasteiger partial charge on any atom is -0.485 e. The second-order valence-corrected chi connectivity index (χ2v) is 12.3. The first kappa shape index (κ1) is 24.3. The van der Waals surface area contributed by atoms with Crippen LogP contribution in [0.2, 0.25) is 0 Å². The smallest absolute Gasteiger partial charge is 0.419 e. The Bertz CT molecular complexity index is 1070. The van der Waals surface area contributed by atoms with Crippen LogP contribution in [0.25, 0.3) is 0 Å². The molecular weight excluding hydrogens is 473 g/mol. The molecule has 2 N–H and O–H groups in total. The van der Waals surface area contributed by atoms with Gasteiger partial charge in [-0.3, -0.25) is 4.72 Å². The summed E-state index contributed by atoms with van der Waals surface area (Å²) in [4.78, 5) is 1.01. The van der Waals surface area contributed by atoms with Gasteiger partial charge in [0.15, 0.2) is 0 Å². The highest BCUT2D eigenvalue weighted by atomic mass is 32.2. The molecule has 1 saturated heterocycles. The fourth-order valence-electron chi connectivity index (χ4n) is 4.54. The summed E-state index contributed by atoms with van der Waals surface area (Å²) in [7, 11) is -3.92. The molecule has 1 atom stereocenters. The Morgan fingerprint density at radius 1 is 1.18 bits per heavy atom. The summed E-state index contributed by atoms with van der Waals surface area (Å²) in [5.74, 6) is 0.208. The molecule has 2 heterocycles. The minimum absolute atomic E-state index is 0.0368. The van der Waals surface area contributed by atoms with Gasteiger partial charge >= 0.3 is 6.18 Å². The van der Waals surface area contributed by atoms with Gasteiger partial charge in [-0.1, -0.05) is 32.1 Å². The average Bonchev–Trinajstić information content (AvgIpc) is 3.37. The Kier molecular flexibility index (Phi) is 6.98. The van der Waals surface area contributed by atoms with Crippen molar-refractivity contribution in [3.05, 3.63) is 40.8 Å². The van der Waals surface area contributed by atoms with Crippen LogP contribution in [0.5, 0.6) is 5.75 Å². The van der Waals surface area contributed by atoms with Gasteiger partial charge in [0.05, 0.1) is 11.3 Å². The van der Waals surface area contributed by atoms with Crippen molar-refractivity contribution in [1.82, 2.24) is 5.32 Å². The van der Waals surface area contributed by atoms with Crippen molar-refractivity contribution in [1.29, 1.82) is 0 Å². The molecule has 2 fully saturated rings. The number of benzene rings is 1. The number of hydrogen-bond acceptors (Lipinski definition) is 5. The lowest BCUT2D eigenvalue weighted by atomic mass is 9.87. The highest BCUT2D eigenvalue weighted by Gasteiger charge is 2.38. The maximum absolute atomic E-state index is 13.5. The summed E-state index contributed by atoms with van der Waals surface area (Å²) in [6.45, 7) is 2.80. The first-order valence-electron chi connectivity index (χ1n) is 11.3. The van der Waals surface area contributed by atoms with Crippen LogP contribution in [0, 0.1) is 5.92 Å². The van der Waals surface area contributed by atoms with Crippen LogP contribution in [-0.2, 0) is 22.6 Å². The van der Waals surface area contributed by atoms with Gasteiger partial charge in [-0.15, -0.1) is 11.3 Å². The summed E-state index contributed by atoms with van der Waals surface area (Å²) < 4.78 is 74.8. The maximum Gasteiger partial charge on any atom is 0.419 e. The molecule has 1 aromatic heterocycles. The molecule has 0 radical (unpaired) electrons. The Morgan fingerprint density at radius 3 is 2.61 bits per heavy atom. The maximum atomic E-state index is 13.5. The second-order valence-electron chi connectivity index (χ2n) is 9.22. The topological polar surface area (TPSA) is 67.4 Å². The van der Waals surface area contributed by atoms with Crippen LogP contribution >= 0.6 is 11.3 Å². The molecule has 1 aliphatic heterocycles. The SMILES string of the molecule is C[C@@]1(Oc2cc(NS(=O)(=O)c3ccc(CC4CCCCC4)s3)ccc2C(F)(F)F)CCNC1. The summed E-state index contributed by atoms with van der Waals surface area (Å²) in [5, 5.41) is 3.08. The van der Waals surface area contributed by atoms with Crippen LogP contribution in [0.3, 0.4) is 0 Å².